The van der Waals surface area contributed by atoms with Crippen molar-refractivity contribution in [1.29, 1.82) is 0 Å². The van der Waals surface area contributed by atoms with Crippen molar-refractivity contribution in [2.45, 2.75) is 32.4 Å². The van der Waals surface area contributed by atoms with Crippen LogP contribution < -0.4 is 15.0 Å². The van der Waals surface area contributed by atoms with Gasteiger partial charge in [0.25, 0.3) is 5.91 Å². The number of hydrogen-bond donors (Lipinski definition) is 1. The fourth-order valence-electron chi connectivity index (χ4n) is 3.25. The highest BCUT2D eigenvalue weighted by atomic mass is 16.5. The van der Waals surface area contributed by atoms with Crippen molar-refractivity contribution in [1.82, 2.24) is 4.90 Å². The van der Waals surface area contributed by atoms with Crippen molar-refractivity contribution in [2.75, 3.05) is 17.3 Å². The Hall–Kier alpha value is -3.35. The van der Waals surface area contributed by atoms with Crippen LogP contribution in [0.2, 0.25) is 0 Å². The molecule has 2 aromatic rings. The zero-order valence-corrected chi connectivity index (χ0v) is 16.1. The lowest BCUT2D eigenvalue weighted by Crippen LogP contribution is -2.42. The quantitative estimate of drug-likeness (QED) is 0.779. The minimum Gasteiger partial charge on any atom is -0.497 e. The first-order valence-corrected chi connectivity index (χ1v) is 9.07. The van der Waals surface area contributed by atoms with E-state index in [0.717, 1.165) is 4.90 Å². The van der Waals surface area contributed by atoms with Gasteiger partial charge in [-0.2, -0.15) is 0 Å². The fourth-order valence-corrected chi connectivity index (χ4v) is 3.25. The predicted molar refractivity (Wildman–Crippen MR) is 106 cm³/mol. The maximum Gasteiger partial charge on any atom is 0.332 e. The first-order valence-electron chi connectivity index (χ1n) is 9.07. The first-order chi connectivity index (χ1) is 13.4. The molecule has 0 aromatic heterocycles. The van der Waals surface area contributed by atoms with Crippen LogP contribution in [0.4, 0.5) is 16.2 Å². The van der Waals surface area contributed by atoms with Crippen LogP contribution in [0.5, 0.6) is 5.75 Å². The summed E-state index contributed by atoms with van der Waals surface area (Å²) in [6.45, 7) is 3.65. The lowest BCUT2D eigenvalue weighted by molar-refractivity contribution is -0.124. The monoisotopic (exact) mass is 381 g/mol. The Morgan fingerprint density at radius 2 is 1.71 bits per heavy atom. The molecule has 0 bridgehead atoms. The van der Waals surface area contributed by atoms with Crippen LogP contribution in [0.1, 0.15) is 20.3 Å². The minimum atomic E-state index is -0.842. The Bertz CT molecular complexity index is 865. The number of para-hydroxylation sites is 1. The second-order valence-electron chi connectivity index (χ2n) is 6.79. The molecule has 0 radical (unpaired) electrons. The van der Waals surface area contributed by atoms with E-state index in [4.69, 9.17) is 4.74 Å². The van der Waals surface area contributed by atoms with Gasteiger partial charge in [0, 0.05) is 11.7 Å². The maximum absolute atomic E-state index is 13.0. The second-order valence-corrected chi connectivity index (χ2v) is 6.79. The van der Waals surface area contributed by atoms with Gasteiger partial charge in [0.15, 0.2) is 0 Å². The molecule has 1 atom stereocenters. The minimum absolute atomic E-state index is 0.113. The molecule has 1 heterocycles. The van der Waals surface area contributed by atoms with E-state index < -0.39 is 18.0 Å². The van der Waals surface area contributed by atoms with Crippen molar-refractivity contribution in [3.05, 3.63) is 54.6 Å². The SMILES string of the molecule is COc1ccc(NC(=O)C[C@@H]2C(=O)N(c3ccccc3)C(=O)N2C(C)C)cc1. The highest BCUT2D eigenvalue weighted by Crippen LogP contribution is 2.28. The van der Waals surface area contributed by atoms with Crippen molar-refractivity contribution >= 4 is 29.2 Å². The lowest BCUT2D eigenvalue weighted by atomic mass is 10.1. The molecule has 0 unspecified atom stereocenters. The zero-order valence-electron chi connectivity index (χ0n) is 16.1. The molecule has 28 heavy (non-hydrogen) atoms. The highest BCUT2D eigenvalue weighted by molar-refractivity contribution is 6.22. The van der Waals surface area contributed by atoms with E-state index in [1.54, 1.807) is 55.6 Å². The molecule has 0 spiro atoms. The number of methoxy groups -OCH3 is 1. The maximum atomic E-state index is 13.0. The van der Waals surface area contributed by atoms with E-state index >= 15 is 0 Å². The third-order valence-electron chi connectivity index (χ3n) is 4.58. The molecule has 3 rings (SSSR count). The van der Waals surface area contributed by atoms with Crippen molar-refractivity contribution in [3.8, 4) is 5.75 Å². The third-order valence-corrected chi connectivity index (χ3v) is 4.58. The van der Waals surface area contributed by atoms with Gasteiger partial charge in [0.1, 0.15) is 11.8 Å². The lowest BCUT2D eigenvalue weighted by Gasteiger charge is -2.25. The summed E-state index contributed by atoms with van der Waals surface area (Å²) in [4.78, 5) is 41.0. The standard InChI is InChI=1S/C21H23N3O4/c1-14(2)23-18(13-19(25)22-15-9-11-17(28-3)12-10-15)20(26)24(21(23)27)16-7-5-4-6-8-16/h4-12,14,18H,13H2,1-3H3,(H,22,25)/t18-/m1/s1. The third kappa shape index (κ3) is 3.83. The molecule has 7 nitrogen and oxygen atoms in total. The second kappa shape index (κ2) is 8.12. The number of benzene rings is 2. The average molecular weight is 381 g/mol. The first kappa shape index (κ1) is 19.4. The summed E-state index contributed by atoms with van der Waals surface area (Å²) in [6.07, 6.45) is -0.113. The van der Waals surface area contributed by atoms with Gasteiger partial charge >= 0.3 is 6.03 Å². The van der Waals surface area contributed by atoms with Gasteiger partial charge in [0.05, 0.1) is 19.2 Å². The van der Waals surface area contributed by atoms with Gasteiger partial charge in [-0.1, -0.05) is 18.2 Å². The molecule has 2 aromatic carbocycles. The van der Waals surface area contributed by atoms with E-state index in [9.17, 15) is 14.4 Å². The number of ether oxygens (including phenoxy) is 1. The van der Waals surface area contributed by atoms with Crippen LogP contribution in [-0.4, -0.2) is 41.9 Å². The summed E-state index contributed by atoms with van der Waals surface area (Å²) in [6, 6.07) is 14.2. The number of carbonyl (C=O) groups is 3. The van der Waals surface area contributed by atoms with E-state index in [0.29, 0.717) is 17.1 Å². The molecular formula is C21H23N3O4. The van der Waals surface area contributed by atoms with Gasteiger partial charge in [-0.05, 0) is 50.2 Å². The van der Waals surface area contributed by atoms with Gasteiger partial charge in [0.2, 0.25) is 5.91 Å². The van der Waals surface area contributed by atoms with Gasteiger partial charge in [-0.25, -0.2) is 9.69 Å². The number of imide groups is 1. The van der Waals surface area contributed by atoms with Gasteiger partial charge in [-0.3, -0.25) is 9.59 Å². The normalized spacial score (nSPS) is 16.6. The highest BCUT2D eigenvalue weighted by Gasteiger charge is 2.47. The average Bonchev–Trinajstić information content (AvgIpc) is 2.93. The number of nitrogens with one attached hydrogen (secondary N) is 1. The summed E-state index contributed by atoms with van der Waals surface area (Å²) < 4.78 is 5.09. The smallest absolute Gasteiger partial charge is 0.332 e. The largest absolute Gasteiger partial charge is 0.497 e. The number of nitrogens with zero attached hydrogens (tertiary/aromatic N) is 2. The summed E-state index contributed by atoms with van der Waals surface area (Å²) in [7, 11) is 1.56. The van der Waals surface area contributed by atoms with E-state index in [2.05, 4.69) is 5.32 Å². The van der Waals surface area contributed by atoms with E-state index in [-0.39, 0.29) is 18.4 Å². The van der Waals surface area contributed by atoms with Crippen LogP contribution >= 0.6 is 0 Å². The number of rotatable bonds is 6. The molecule has 0 saturated carbocycles. The van der Waals surface area contributed by atoms with E-state index in [1.165, 1.54) is 4.90 Å². The Morgan fingerprint density at radius 3 is 2.29 bits per heavy atom. The molecule has 0 aliphatic carbocycles. The summed E-state index contributed by atoms with van der Waals surface area (Å²) in [5.74, 6) is -0.0503. The number of anilines is 2. The fraction of sp³-hybridized carbons (Fsp3) is 0.286. The van der Waals surface area contributed by atoms with Crippen molar-refractivity contribution in [3.63, 3.8) is 0 Å². The molecule has 1 N–H and O–H groups in total. The van der Waals surface area contributed by atoms with Crippen molar-refractivity contribution < 1.29 is 19.1 Å². The number of carbonyl (C=O) groups excluding carboxylic acids is 3. The molecule has 1 saturated heterocycles. The van der Waals surface area contributed by atoms with Crippen LogP contribution in [0, 0.1) is 0 Å². The molecule has 1 aliphatic heterocycles. The number of amides is 4. The molecule has 1 aliphatic rings. The van der Waals surface area contributed by atoms with E-state index in [1.807, 2.05) is 19.9 Å². The Balaban J connectivity index is 1.77. The number of urea groups is 1. The molecule has 7 heteroatoms. The summed E-state index contributed by atoms with van der Waals surface area (Å²) >= 11 is 0. The van der Waals surface area contributed by atoms with Crippen molar-refractivity contribution in [2.24, 2.45) is 0 Å². The molecule has 146 valence electrons. The number of hydrogen-bond acceptors (Lipinski definition) is 4. The molecule has 4 amide bonds. The van der Waals surface area contributed by atoms with Gasteiger partial charge < -0.3 is 15.0 Å². The van der Waals surface area contributed by atoms with Gasteiger partial charge in [-0.15, -0.1) is 0 Å². The predicted octanol–water partition coefficient (Wildman–Crippen LogP) is 3.27. The van der Waals surface area contributed by atoms with Crippen LogP contribution in [-0.2, 0) is 9.59 Å². The van der Waals surface area contributed by atoms with Crippen LogP contribution in [0.15, 0.2) is 54.6 Å². The zero-order chi connectivity index (χ0) is 20.3. The Labute approximate surface area is 163 Å². The van der Waals surface area contributed by atoms with Crippen LogP contribution in [0.3, 0.4) is 0 Å². The topological polar surface area (TPSA) is 79.0 Å². The summed E-state index contributed by atoms with van der Waals surface area (Å²) in [5, 5.41) is 2.77. The molecular weight excluding hydrogens is 358 g/mol. The molecule has 1 fully saturated rings. The Morgan fingerprint density at radius 1 is 1.07 bits per heavy atom. The van der Waals surface area contributed by atoms with Crippen LogP contribution in [0.25, 0.3) is 0 Å². The Kier molecular flexibility index (Phi) is 5.63. The summed E-state index contributed by atoms with van der Waals surface area (Å²) in [5.41, 5.74) is 1.10.